The summed E-state index contributed by atoms with van der Waals surface area (Å²) in [5.74, 6) is 1.41. The third-order valence-electron chi connectivity index (χ3n) is 4.78. The van der Waals surface area contributed by atoms with Gasteiger partial charge in [-0.2, -0.15) is 5.10 Å². The van der Waals surface area contributed by atoms with Crippen LogP contribution >= 0.6 is 0 Å². The quantitative estimate of drug-likeness (QED) is 0.850. The van der Waals surface area contributed by atoms with Gasteiger partial charge in [0.2, 0.25) is 6.79 Å². The maximum absolute atomic E-state index is 13.0. The minimum Gasteiger partial charge on any atom is -0.454 e. The molecule has 25 heavy (non-hydrogen) atoms. The minimum absolute atomic E-state index is 0.0195. The molecule has 0 fully saturated rings. The summed E-state index contributed by atoms with van der Waals surface area (Å²) in [6.45, 7) is 4.76. The Morgan fingerprint density at radius 2 is 2.20 bits per heavy atom. The highest BCUT2D eigenvalue weighted by molar-refractivity contribution is 5.95. The van der Waals surface area contributed by atoms with Crippen LogP contribution in [0.3, 0.4) is 0 Å². The van der Waals surface area contributed by atoms with Crippen LogP contribution in [-0.2, 0) is 17.8 Å². The molecule has 1 amide bonds. The van der Waals surface area contributed by atoms with E-state index in [9.17, 15) is 4.79 Å². The summed E-state index contributed by atoms with van der Waals surface area (Å²) in [5.41, 5.74) is 2.87. The molecule has 1 aromatic heterocycles. The van der Waals surface area contributed by atoms with Crippen LogP contribution in [0.25, 0.3) is 0 Å². The summed E-state index contributed by atoms with van der Waals surface area (Å²) in [6.07, 6.45) is 1.91. The number of fused-ring (bicyclic) bond motifs is 2. The Labute approximate surface area is 146 Å². The van der Waals surface area contributed by atoms with Gasteiger partial charge in [-0.05, 0) is 25.1 Å². The average molecular weight is 343 g/mol. The van der Waals surface area contributed by atoms with Crippen molar-refractivity contribution < 1.29 is 19.0 Å². The van der Waals surface area contributed by atoms with Crippen molar-refractivity contribution in [2.45, 2.75) is 25.9 Å². The molecular weight excluding hydrogens is 322 g/mol. The third kappa shape index (κ3) is 2.74. The van der Waals surface area contributed by atoms with E-state index in [4.69, 9.17) is 14.2 Å². The lowest BCUT2D eigenvalue weighted by Gasteiger charge is -2.33. The van der Waals surface area contributed by atoms with Crippen LogP contribution < -0.4 is 9.47 Å². The second kappa shape index (κ2) is 6.40. The molecule has 0 unspecified atom stereocenters. The first-order valence-corrected chi connectivity index (χ1v) is 8.43. The van der Waals surface area contributed by atoms with Gasteiger partial charge in [0.1, 0.15) is 0 Å². The number of benzene rings is 1. The van der Waals surface area contributed by atoms with E-state index < -0.39 is 0 Å². The van der Waals surface area contributed by atoms with E-state index in [2.05, 4.69) is 12.0 Å². The normalized spacial score (nSPS) is 18.3. The molecule has 0 N–H and O–H groups in total. The number of amides is 1. The molecule has 1 atom stereocenters. The van der Waals surface area contributed by atoms with Gasteiger partial charge in [0.05, 0.1) is 25.0 Å². The number of carbonyl (C=O) groups excluding carboxylic acids is 1. The topological polar surface area (TPSA) is 65.8 Å². The van der Waals surface area contributed by atoms with Gasteiger partial charge in [-0.3, -0.25) is 9.48 Å². The summed E-state index contributed by atoms with van der Waals surface area (Å²) in [7, 11) is 1.68. The number of nitrogens with zero attached hydrogens (tertiary/aromatic N) is 3. The predicted molar refractivity (Wildman–Crippen MR) is 89.8 cm³/mol. The molecule has 0 saturated carbocycles. The lowest BCUT2D eigenvalue weighted by Crippen LogP contribution is -2.40. The van der Waals surface area contributed by atoms with Crippen LogP contribution in [0.2, 0.25) is 0 Å². The van der Waals surface area contributed by atoms with Crippen molar-refractivity contribution >= 4 is 5.91 Å². The molecule has 132 valence electrons. The molecular formula is C18H21N3O4. The maximum Gasteiger partial charge on any atom is 0.254 e. The third-order valence-corrected chi connectivity index (χ3v) is 4.78. The highest BCUT2D eigenvalue weighted by Gasteiger charge is 2.32. The molecule has 0 radical (unpaired) electrons. The molecule has 2 aliphatic rings. The lowest BCUT2D eigenvalue weighted by atomic mass is 9.95. The van der Waals surface area contributed by atoms with Crippen molar-refractivity contribution in [1.82, 2.24) is 14.7 Å². The van der Waals surface area contributed by atoms with E-state index in [0.717, 1.165) is 12.2 Å². The highest BCUT2D eigenvalue weighted by Crippen LogP contribution is 2.34. The van der Waals surface area contributed by atoms with Gasteiger partial charge in [0.25, 0.3) is 5.91 Å². The summed E-state index contributed by atoms with van der Waals surface area (Å²) < 4.78 is 18.0. The fourth-order valence-corrected chi connectivity index (χ4v) is 3.53. The highest BCUT2D eigenvalue weighted by atomic mass is 16.7. The second-order valence-corrected chi connectivity index (χ2v) is 6.27. The van der Waals surface area contributed by atoms with Crippen LogP contribution in [0, 0.1) is 0 Å². The number of hydrogen-bond acceptors (Lipinski definition) is 5. The number of hydrogen-bond donors (Lipinski definition) is 0. The van der Waals surface area contributed by atoms with Crippen LogP contribution in [0.1, 0.15) is 34.5 Å². The molecule has 0 saturated heterocycles. The number of ether oxygens (including phenoxy) is 3. The zero-order valence-electron chi connectivity index (χ0n) is 14.4. The summed E-state index contributed by atoms with van der Waals surface area (Å²) >= 11 is 0. The fraction of sp³-hybridized carbons (Fsp3) is 0.444. The van der Waals surface area contributed by atoms with Gasteiger partial charge >= 0.3 is 0 Å². The average Bonchev–Trinajstić information content (AvgIpc) is 3.26. The van der Waals surface area contributed by atoms with Crippen molar-refractivity contribution in [3.63, 3.8) is 0 Å². The number of aryl methyl sites for hydroxylation is 1. The van der Waals surface area contributed by atoms with Crippen LogP contribution in [0.4, 0.5) is 0 Å². The van der Waals surface area contributed by atoms with Crippen molar-refractivity contribution in [1.29, 1.82) is 0 Å². The van der Waals surface area contributed by atoms with E-state index in [-0.39, 0.29) is 18.6 Å². The molecule has 2 aliphatic heterocycles. The Morgan fingerprint density at radius 3 is 3.00 bits per heavy atom. The van der Waals surface area contributed by atoms with Crippen molar-refractivity contribution in [3.8, 4) is 11.5 Å². The molecule has 0 spiro atoms. The summed E-state index contributed by atoms with van der Waals surface area (Å²) in [6, 6.07) is 5.32. The number of rotatable bonds is 4. The first-order chi connectivity index (χ1) is 12.2. The van der Waals surface area contributed by atoms with Crippen molar-refractivity contribution in [2.75, 3.05) is 27.1 Å². The second-order valence-electron chi connectivity index (χ2n) is 6.27. The Kier molecular flexibility index (Phi) is 4.09. The molecule has 0 bridgehead atoms. The zero-order chi connectivity index (χ0) is 17.4. The van der Waals surface area contributed by atoms with E-state index in [1.165, 1.54) is 5.56 Å². The van der Waals surface area contributed by atoms with E-state index >= 15 is 0 Å². The van der Waals surface area contributed by atoms with Crippen LogP contribution in [-0.4, -0.2) is 47.6 Å². The van der Waals surface area contributed by atoms with Crippen molar-refractivity contribution in [3.05, 3.63) is 41.2 Å². The Hall–Kier alpha value is -2.54. The largest absolute Gasteiger partial charge is 0.454 e. The molecule has 0 aliphatic carbocycles. The molecule has 2 aromatic rings. The number of carbonyl (C=O) groups is 1. The molecule has 1 aromatic carbocycles. The first kappa shape index (κ1) is 16.0. The van der Waals surface area contributed by atoms with E-state index in [1.807, 2.05) is 15.8 Å². The lowest BCUT2D eigenvalue weighted by molar-refractivity contribution is 0.0674. The molecule has 3 heterocycles. The first-order valence-electron chi connectivity index (χ1n) is 8.43. The zero-order valence-corrected chi connectivity index (χ0v) is 14.4. The van der Waals surface area contributed by atoms with Crippen LogP contribution in [0.15, 0.2) is 24.4 Å². The smallest absolute Gasteiger partial charge is 0.254 e. The van der Waals surface area contributed by atoms with Gasteiger partial charge in [-0.1, -0.05) is 0 Å². The molecule has 4 rings (SSSR count). The monoisotopic (exact) mass is 343 g/mol. The maximum atomic E-state index is 13.0. The molecule has 7 nitrogen and oxygen atoms in total. The molecule has 7 heteroatoms. The minimum atomic E-state index is -0.0195. The number of aromatic nitrogens is 2. The Bertz CT molecular complexity index is 802. The van der Waals surface area contributed by atoms with Gasteiger partial charge in [-0.15, -0.1) is 0 Å². The SMILES string of the molecule is CCn1ncc2c1CN(C(=O)c1ccc3c(c1)OCO3)C[C@H]2COC. The van der Waals surface area contributed by atoms with Crippen molar-refractivity contribution in [2.24, 2.45) is 0 Å². The van der Waals surface area contributed by atoms with Gasteiger partial charge in [-0.25, -0.2) is 0 Å². The Morgan fingerprint density at radius 1 is 1.36 bits per heavy atom. The van der Waals surface area contributed by atoms with Gasteiger partial charge in [0, 0.05) is 37.2 Å². The van der Waals surface area contributed by atoms with Gasteiger partial charge in [0.15, 0.2) is 11.5 Å². The number of methoxy groups -OCH3 is 1. The van der Waals surface area contributed by atoms with E-state index in [0.29, 0.717) is 36.8 Å². The predicted octanol–water partition coefficient (Wildman–Crippen LogP) is 2.02. The Balaban J connectivity index is 1.63. The van der Waals surface area contributed by atoms with Crippen LogP contribution in [0.5, 0.6) is 11.5 Å². The fourth-order valence-electron chi connectivity index (χ4n) is 3.53. The van der Waals surface area contributed by atoms with E-state index in [1.54, 1.807) is 25.3 Å². The summed E-state index contributed by atoms with van der Waals surface area (Å²) in [4.78, 5) is 14.9. The van der Waals surface area contributed by atoms with Gasteiger partial charge < -0.3 is 19.1 Å². The standard InChI is InChI=1S/C18H21N3O4/c1-3-21-15-9-20(8-13(10-23-2)14(15)7-19-21)18(22)12-4-5-16-17(6-12)25-11-24-16/h4-7,13H,3,8-11H2,1-2H3/t13-/m0/s1. The summed E-state index contributed by atoms with van der Waals surface area (Å²) in [5, 5.41) is 4.45.